The zero-order valence-corrected chi connectivity index (χ0v) is 12.5. The first-order chi connectivity index (χ1) is 8.00. The molecule has 17 heavy (non-hydrogen) atoms. The minimum absolute atomic E-state index is 0.431. The van der Waals surface area contributed by atoms with E-state index in [4.69, 9.17) is 0 Å². The van der Waals surface area contributed by atoms with E-state index in [2.05, 4.69) is 50.1 Å². The highest BCUT2D eigenvalue weighted by Crippen LogP contribution is 2.24. The van der Waals surface area contributed by atoms with Crippen molar-refractivity contribution in [2.24, 2.45) is 0 Å². The lowest BCUT2D eigenvalue weighted by Gasteiger charge is -2.13. The summed E-state index contributed by atoms with van der Waals surface area (Å²) in [6.45, 7) is 8.67. The van der Waals surface area contributed by atoms with Crippen LogP contribution in [0.3, 0.4) is 0 Å². The van der Waals surface area contributed by atoms with E-state index < -0.39 is 0 Å². The second-order valence-electron chi connectivity index (χ2n) is 4.87. The largest absolute Gasteiger partial charge is 0.309 e. The fourth-order valence-electron chi connectivity index (χ4n) is 1.91. The molecule has 1 unspecified atom stereocenters. The number of unbranched alkanes of at least 4 members (excludes halogenated alkanes) is 1. The lowest BCUT2D eigenvalue weighted by molar-refractivity contribution is 0.389. The van der Waals surface area contributed by atoms with Crippen LogP contribution in [0, 0.1) is 13.8 Å². The smallest absolute Gasteiger partial charge is 0.0900 e. The predicted octanol–water partition coefficient (Wildman–Crippen LogP) is 2.75. The first-order valence-electron chi connectivity index (χ1n) is 6.32. The van der Waals surface area contributed by atoms with E-state index in [1.165, 1.54) is 35.0 Å². The van der Waals surface area contributed by atoms with E-state index in [-0.39, 0.29) is 0 Å². The number of aromatic nitrogens is 1. The van der Waals surface area contributed by atoms with Crippen LogP contribution in [0.2, 0.25) is 0 Å². The molecule has 0 aromatic carbocycles. The normalized spacial score (nSPS) is 13.3. The Hall–Kier alpha value is -0.450. The average molecular weight is 255 g/mol. The van der Waals surface area contributed by atoms with Crippen LogP contribution in [-0.4, -0.2) is 37.1 Å². The van der Waals surface area contributed by atoms with Gasteiger partial charge in [-0.1, -0.05) is 0 Å². The molecule has 0 fully saturated rings. The van der Waals surface area contributed by atoms with Gasteiger partial charge in [-0.15, -0.1) is 11.3 Å². The van der Waals surface area contributed by atoms with Gasteiger partial charge in [0.15, 0.2) is 0 Å². The predicted molar refractivity (Wildman–Crippen MR) is 75.8 cm³/mol. The molecule has 98 valence electrons. The van der Waals surface area contributed by atoms with Crippen molar-refractivity contribution >= 4 is 11.3 Å². The molecule has 0 saturated carbocycles. The number of hydrogen-bond acceptors (Lipinski definition) is 4. The Morgan fingerprint density at radius 3 is 2.53 bits per heavy atom. The van der Waals surface area contributed by atoms with Crippen molar-refractivity contribution in [3.8, 4) is 0 Å². The monoisotopic (exact) mass is 255 g/mol. The number of aryl methyl sites for hydroxylation is 2. The standard InChI is InChI=1S/C13H25N3S/c1-10(13-11(2)15-12(3)17-13)14-8-6-7-9-16(4)5/h10,14H,6-9H2,1-5H3. The quantitative estimate of drug-likeness (QED) is 0.759. The first kappa shape index (κ1) is 14.6. The van der Waals surface area contributed by atoms with Gasteiger partial charge in [0.1, 0.15) is 0 Å². The molecule has 1 N–H and O–H groups in total. The van der Waals surface area contributed by atoms with Crippen LogP contribution in [0.4, 0.5) is 0 Å². The average Bonchev–Trinajstić information content (AvgIpc) is 2.56. The number of rotatable bonds is 7. The fraction of sp³-hybridized carbons (Fsp3) is 0.769. The number of nitrogens with zero attached hydrogens (tertiary/aromatic N) is 2. The number of hydrogen-bond donors (Lipinski definition) is 1. The van der Waals surface area contributed by atoms with E-state index in [1.807, 2.05) is 11.3 Å². The Kier molecular flexibility index (Phi) is 6.09. The van der Waals surface area contributed by atoms with Crippen LogP contribution >= 0.6 is 11.3 Å². The van der Waals surface area contributed by atoms with Crippen LogP contribution in [-0.2, 0) is 0 Å². The molecule has 0 aliphatic heterocycles. The molecule has 1 heterocycles. The molecule has 1 atom stereocenters. The molecular formula is C13H25N3S. The lowest BCUT2D eigenvalue weighted by Crippen LogP contribution is -2.21. The van der Waals surface area contributed by atoms with Crippen LogP contribution < -0.4 is 5.32 Å². The second-order valence-corrected chi connectivity index (χ2v) is 6.10. The number of nitrogens with one attached hydrogen (secondary N) is 1. The SMILES string of the molecule is Cc1nc(C)c(C(C)NCCCCN(C)C)s1. The Balaban J connectivity index is 2.25. The highest BCUT2D eigenvalue weighted by Gasteiger charge is 2.11. The maximum absolute atomic E-state index is 4.47. The molecule has 0 aliphatic carbocycles. The summed E-state index contributed by atoms with van der Waals surface area (Å²) in [6, 6.07) is 0.431. The van der Waals surface area contributed by atoms with E-state index >= 15 is 0 Å². The summed E-state index contributed by atoms with van der Waals surface area (Å²) in [6.07, 6.45) is 2.49. The molecule has 4 heteroatoms. The van der Waals surface area contributed by atoms with Crippen molar-refractivity contribution in [3.05, 3.63) is 15.6 Å². The van der Waals surface area contributed by atoms with E-state index in [9.17, 15) is 0 Å². The van der Waals surface area contributed by atoms with Gasteiger partial charge in [-0.05, 0) is 60.8 Å². The second kappa shape index (κ2) is 7.09. The summed E-state index contributed by atoms with van der Waals surface area (Å²) in [4.78, 5) is 8.09. The van der Waals surface area contributed by atoms with Gasteiger partial charge in [0.2, 0.25) is 0 Å². The van der Waals surface area contributed by atoms with Gasteiger partial charge in [0.25, 0.3) is 0 Å². The maximum Gasteiger partial charge on any atom is 0.0900 e. The van der Waals surface area contributed by atoms with Gasteiger partial charge < -0.3 is 10.2 Å². The van der Waals surface area contributed by atoms with Crippen molar-refractivity contribution in [1.29, 1.82) is 0 Å². The van der Waals surface area contributed by atoms with Gasteiger partial charge in [0.05, 0.1) is 10.7 Å². The topological polar surface area (TPSA) is 28.2 Å². The summed E-state index contributed by atoms with van der Waals surface area (Å²) in [5, 5.41) is 4.74. The summed E-state index contributed by atoms with van der Waals surface area (Å²) in [5.74, 6) is 0. The minimum atomic E-state index is 0.431. The molecule has 0 spiro atoms. The van der Waals surface area contributed by atoms with Gasteiger partial charge in [-0.25, -0.2) is 4.98 Å². The van der Waals surface area contributed by atoms with Crippen LogP contribution in [0.15, 0.2) is 0 Å². The third-order valence-corrected chi connectivity index (χ3v) is 4.07. The van der Waals surface area contributed by atoms with Crippen molar-refractivity contribution < 1.29 is 0 Å². The lowest BCUT2D eigenvalue weighted by atomic mass is 10.2. The zero-order valence-electron chi connectivity index (χ0n) is 11.7. The fourth-order valence-corrected chi connectivity index (χ4v) is 2.87. The Morgan fingerprint density at radius 1 is 1.29 bits per heavy atom. The van der Waals surface area contributed by atoms with Crippen molar-refractivity contribution in [2.75, 3.05) is 27.2 Å². The van der Waals surface area contributed by atoms with Crippen molar-refractivity contribution in [1.82, 2.24) is 15.2 Å². The van der Waals surface area contributed by atoms with Crippen LogP contribution in [0.25, 0.3) is 0 Å². The highest BCUT2D eigenvalue weighted by molar-refractivity contribution is 7.11. The molecule has 3 nitrogen and oxygen atoms in total. The Labute approximate surface area is 109 Å². The molecule has 0 aliphatic rings. The van der Waals surface area contributed by atoms with Gasteiger partial charge in [-0.2, -0.15) is 0 Å². The summed E-state index contributed by atoms with van der Waals surface area (Å²) >= 11 is 1.81. The summed E-state index contributed by atoms with van der Waals surface area (Å²) < 4.78 is 0. The van der Waals surface area contributed by atoms with Gasteiger partial charge in [-0.3, -0.25) is 0 Å². The maximum atomic E-state index is 4.47. The van der Waals surface area contributed by atoms with Crippen molar-refractivity contribution in [2.45, 2.75) is 39.7 Å². The van der Waals surface area contributed by atoms with E-state index in [1.54, 1.807) is 0 Å². The third-order valence-electron chi connectivity index (χ3n) is 2.82. The van der Waals surface area contributed by atoms with Crippen molar-refractivity contribution in [3.63, 3.8) is 0 Å². The molecule has 0 saturated heterocycles. The summed E-state index contributed by atoms with van der Waals surface area (Å²) in [7, 11) is 4.25. The summed E-state index contributed by atoms with van der Waals surface area (Å²) in [5.41, 5.74) is 1.18. The Bertz CT molecular complexity index is 333. The molecule has 0 radical (unpaired) electrons. The van der Waals surface area contributed by atoms with Crippen LogP contribution in [0.5, 0.6) is 0 Å². The zero-order chi connectivity index (χ0) is 12.8. The Morgan fingerprint density at radius 2 is 2.00 bits per heavy atom. The van der Waals surface area contributed by atoms with E-state index in [0.717, 1.165) is 6.54 Å². The highest BCUT2D eigenvalue weighted by atomic mass is 32.1. The minimum Gasteiger partial charge on any atom is -0.309 e. The molecular weight excluding hydrogens is 230 g/mol. The van der Waals surface area contributed by atoms with Crippen LogP contribution in [0.1, 0.15) is 41.4 Å². The molecule has 1 rings (SSSR count). The molecule has 0 amide bonds. The first-order valence-corrected chi connectivity index (χ1v) is 7.14. The molecule has 1 aromatic rings. The molecule has 1 aromatic heterocycles. The van der Waals surface area contributed by atoms with E-state index in [0.29, 0.717) is 6.04 Å². The number of thiazole rings is 1. The van der Waals surface area contributed by atoms with Gasteiger partial charge >= 0.3 is 0 Å². The molecule has 0 bridgehead atoms. The third kappa shape index (κ3) is 5.15. The van der Waals surface area contributed by atoms with Gasteiger partial charge in [0, 0.05) is 10.9 Å².